The van der Waals surface area contributed by atoms with Gasteiger partial charge in [0.25, 0.3) is 0 Å². The highest BCUT2D eigenvalue weighted by molar-refractivity contribution is 6.30. The summed E-state index contributed by atoms with van der Waals surface area (Å²) in [5.74, 6) is 0.716. The molecule has 3 atom stereocenters. The maximum Gasteiger partial charge on any atom is 0.127 e. The largest absolute Gasteiger partial charge is 0.385 e. The third-order valence-electron chi connectivity index (χ3n) is 6.43. The first-order chi connectivity index (χ1) is 13.3. The molecule has 0 bridgehead atoms. The summed E-state index contributed by atoms with van der Waals surface area (Å²) < 4.78 is 6.12. The van der Waals surface area contributed by atoms with Gasteiger partial charge in [0.2, 0.25) is 0 Å². The Bertz CT molecular complexity index is 599. The Morgan fingerprint density at radius 1 is 1.11 bits per heavy atom. The lowest BCUT2D eigenvalue weighted by Crippen LogP contribution is -3.28. The zero-order valence-electron chi connectivity index (χ0n) is 17.8. The summed E-state index contributed by atoms with van der Waals surface area (Å²) in [5.41, 5.74) is 1.71. The fourth-order valence-corrected chi connectivity index (χ4v) is 5.38. The molecule has 1 heterocycles. The molecule has 3 N–H and O–H groups in total. The fraction of sp³-hybridized carbons (Fsp3) is 0.739. The van der Waals surface area contributed by atoms with Crippen LogP contribution in [0, 0.1) is 11.3 Å². The van der Waals surface area contributed by atoms with Crippen molar-refractivity contribution in [2.45, 2.75) is 58.8 Å². The Morgan fingerprint density at radius 2 is 1.75 bits per heavy atom. The normalized spacial score (nSPS) is 31.5. The first kappa shape index (κ1) is 22.0. The fourth-order valence-electron chi connectivity index (χ4n) is 5.25. The maximum absolute atomic E-state index is 10.5. The third-order valence-corrected chi connectivity index (χ3v) is 6.68. The third kappa shape index (κ3) is 7.00. The predicted molar refractivity (Wildman–Crippen MR) is 114 cm³/mol. The van der Waals surface area contributed by atoms with E-state index in [9.17, 15) is 5.11 Å². The lowest BCUT2D eigenvalue weighted by atomic mass is 9.71. The van der Waals surface area contributed by atoms with E-state index in [0.717, 1.165) is 57.1 Å². The van der Waals surface area contributed by atoms with Gasteiger partial charge >= 0.3 is 0 Å². The van der Waals surface area contributed by atoms with Crippen LogP contribution in [0.1, 0.15) is 45.6 Å². The number of halogens is 1. The van der Waals surface area contributed by atoms with Crippen LogP contribution in [-0.4, -0.2) is 56.6 Å². The Morgan fingerprint density at radius 3 is 2.39 bits per heavy atom. The van der Waals surface area contributed by atoms with E-state index in [1.54, 1.807) is 4.90 Å². The van der Waals surface area contributed by atoms with E-state index in [-0.39, 0.29) is 6.10 Å². The molecule has 0 amide bonds. The van der Waals surface area contributed by atoms with Crippen molar-refractivity contribution in [3.63, 3.8) is 0 Å². The molecule has 1 aliphatic heterocycles. The highest BCUT2D eigenvalue weighted by Gasteiger charge is 2.33. The van der Waals surface area contributed by atoms with Crippen molar-refractivity contribution in [3.05, 3.63) is 34.9 Å². The molecule has 2 aliphatic rings. The van der Waals surface area contributed by atoms with Crippen LogP contribution in [0.4, 0.5) is 0 Å². The van der Waals surface area contributed by atoms with Crippen LogP contribution < -0.4 is 9.80 Å². The van der Waals surface area contributed by atoms with E-state index in [1.807, 2.05) is 12.1 Å². The number of piperazine rings is 1. The van der Waals surface area contributed by atoms with E-state index in [1.165, 1.54) is 16.9 Å². The van der Waals surface area contributed by atoms with Gasteiger partial charge in [-0.3, -0.25) is 0 Å². The molecule has 1 aromatic carbocycles. The van der Waals surface area contributed by atoms with Crippen LogP contribution >= 0.6 is 11.6 Å². The molecule has 0 radical (unpaired) electrons. The number of hydrogen-bond donors (Lipinski definition) is 3. The molecule has 2 fully saturated rings. The van der Waals surface area contributed by atoms with Gasteiger partial charge in [-0.25, -0.2) is 0 Å². The van der Waals surface area contributed by atoms with Crippen LogP contribution in [0.2, 0.25) is 5.02 Å². The van der Waals surface area contributed by atoms with Gasteiger partial charge in [-0.15, -0.1) is 0 Å². The van der Waals surface area contributed by atoms with Gasteiger partial charge in [0.05, 0.1) is 12.7 Å². The Kier molecular flexibility index (Phi) is 7.80. The molecule has 4 nitrogen and oxygen atoms in total. The second-order valence-corrected chi connectivity index (χ2v) is 10.5. The standard InChI is InChI=1S/C23H37ClN2O2/c1-18-12-22(14-23(2,3)13-18)28-17-21(27)16-26-10-8-25(9-11-26)15-19-4-6-20(24)7-5-19/h4-7,18,21-22,27H,8-17H2,1-3H3/p+2/t18-,21+,22+/m0/s1. The van der Waals surface area contributed by atoms with Gasteiger partial charge < -0.3 is 19.6 Å². The van der Waals surface area contributed by atoms with Crippen molar-refractivity contribution >= 4 is 11.6 Å². The maximum atomic E-state index is 10.5. The van der Waals surface area contributed by atoms with Gasteiger partial charge in [0, 0.05) is 10.6 Å². The van der Waals surface area contributed by atoms with E-state index in [0.29, 0.717) is 24.0 Å². The van der Waals surface area contributed by atoms with Crippen LogP contribution in [0.3, 0.4) is 0 Å². The molecule has 5 heteroatoms. The van der Waals surface area contributed by atoms with Crippen LogP contribution in [0.15, 0.2) is 24.3 Å². The molecule has 1 aromatic rings. The lowest BCUT2D eigenvalue weighted by Gasteiger charge is -2.39. The number of quaternary nitrogens is 2. The van der Waals surface area contributed by atoms with Crippen LogP contribution in [0.5, 0.6) is 0 Å². The molecule has 1 saturated heterocycles. The summed E-state index contributed by atoms with van der Waals surface area (Å²) in [5, 5.41) is 11.3. The number of hydrogen-bond acceptors (Lipinski definition) is 2. The van der Waals surface area contributed by atoms with Crippen LogP contribution in [-0.2, 0) is 11.3 Å². The summed E-state index contributed by atoms with van der Waals surface area (Å²) in [6.07, 6.45) is 3.49. The van der Waals surface area contributed by atoms with E-state index in [4.69, 9.17) is 16.3 Å². The summed E-state index contributed by atoms with van der Waals surface area (Å²) in [6, 6.07) is 8.21. The molecular weight excluding hydrogens is 372 g/mol. The lowest BCUT2D eigenvalue weighted by molar-refractivity contribution is -1.02. The van der Waals surface area contributed by atoms with E-state index in [2.05, 4.69) is 32.9 Å². The SMILES string of the molecule is C[C@H]1C[C@@H](OC[C@H](O)C[NH+]2CC[NH+](Cc3ccc(Cl)cc3)CC2)CC(C)(C)C1. The molecule has 0 spiro atoms. The van der Waals surface area contributed by atoms with Crippen molar-refractivity contribution < 1.29 is 19.6 Å². The highest BCUT2D eigenvalue weighted by Crippen LogP contribution is 2.39. The number of ether oxygens (including phenoxy) is 1. The van der Waals surface area contributed by atoms with Crippen molar-refractivity contribution in [2.24, 2.45) is 11.3 Å². The zero-order chi connectivity index (χ0) is 20.1. The quantitative estimate of drug-likeness (QED) is 0.632. The topological polar surface area (TPSA) is 38.3 Å². The summed E-state index contributed by atoms with van der Waals surface area (Å²) in [6.45, 7) is 13.9. The van der Waals surface area contributed by atoms with Gasteiger partial charge in [0.1, 0.15) is 45.4 Å². The molecule has 28 heavy (non-hydrogen) atoms. The molecule has 1 aliphatic carbocycles. The second kappa shape index (κ2) is 9.90. The number of aliphatic hydroxyl groups excluding tert-OH is 1. The minimum atomic E-state index is -0.354. The number of benzene rings is 1. The molecule has 0 aromatic heterocycles. The molecular formula is C23H39ClN2O2+2. The summed E-state index contributed by atoms with van der Waals surface area (Å²) in [4.78, 5) is 3.13. The first-order valence-corrected chi connectivity index (χ1v) is 11.4. The van der Waals surface area contributed by atoms with Gasteiger partial charge in [0.15, 0.2) is 0 Å². The Hall–Kier alpha value is -0.650. The summed E-state index contributed by atoms with van der Waals surface area (Å²) >= 11 is 5.97. The average molecular weight is 411 g/mol. The van der Waals surface area contributed by atoms with Crippen molar-refractivity contribution in [1.82, 2.24) is 0 Å². The molecule has 158 valence electrons. The van der Waals surface area contributed by atoms with Gasteiger partial charge in [-0.2, -0.15) is 0 Å². The van der Waals surface area contributed by atoms with Gasteiger partial charge in [-0.1, -0.05) is 44.5 Å². The van der Waals surface area contributed by atoms with Crippen LogP contribution in [0.25, 0.3) is 0 Å². The Balaban J connectivity index is 1.34. The highest BCUT2D eigenvalue weighted by atomic mass is 35.5. The monoisotopic (exact) mass is 410 g/mol. The number of nitrogens with one attached hydrogen (secondary N) is 2. The first-order valence-electron chi connectivity index (χ1n) is 11.0. The van der Waals surface area contributed by atoms with Crippen molar-refractivity contribution in [2.75, 3.05) is 39.3 Å². The summed E-state index contributed by atoms with van der Waals surface area (Å²) in [7, 11) is 0. The molecule has 1 saturated carbocycles. The minimum Gasteiger partial charge on any atom is -0.385 e. The zero-order valence-corrected chi connectivity index (χ0v) is 18.6. The molecule has 3 rings (SSSR count). The van der Waals surface area contributed by atoms with E-state index >= 15 is 0 Å². The van der Waals surface area contributed by atoms with Crippen molar-refractivity contribution in [1.29, 1.82) is 0 Å². The number of aliphatic hydroxyl groups is 1. The van der Waals surface area contributed by atoms with Gasteiger partial charge in [-0.05, 0) is 42.7 Å². The molecule has 0 unspecified atom stereocenters. The number of rotatable bonds is 7. The minimum absolute atomic E-state index is 0.309. The predicted octanol–water partition coefficient (Wildman–Crippen LogP) is 1.22. The second-order valence-electron chi connectivity index (χ2n) is 10.0. The van der Waals surface area contributed by atoms with E-state index < -0.39 is 0 Å². The smallest absolute Gasteiger partial charge is 0.127 e. The average Bonchev–Trinajstić information content (AvgIpc) is 2.62. The van der Waals surface area contributed by atoms with Crippen molar-refractivity contribution in [3.8, 4) is 0 Å². The Labute approximate surface area is 175 Å².